The summed E-state index contributed by atoms with van der Waals surface area (Å²) in [6.07, 6.45) is 0. The number of halogens is 3. The number of carbonyl (C=O) groups excluding carboxylic acids is 1. The highest BCUT2D eigenvalue weighted by atomic mass is 35.5. The molecule has 2 aromatic rings. The van der Waals surface area contributed by atoms with Crippen molar-refractivity contribution in [1.82, 2.24) is 0 Å². The molecule has 1 amide bonds. The van der Waals surface area contributed by atoms with Gasteiger partial charge in [0, 0.05) is 5.69 Å². The first kappa shape index (κ1) is 17.7. The van der Waals surface area contributed by atoms with Crippen LogP contribution in [0.3, 0.4) is 0 Å². The summed E-state index contributed by atoms with van der Waals surface area (Å²) in [6.45, 7) is 1.54. The number of carbonyl (C=O) groups is 1. The van der Waals surface area contributed by atoms with Crippen LogP contribution in [0.15, 0.2) is 41.3 Å². The van der Waals surface area contributed by atoms with E-state index in [0.29, 0.717) is 5.69 Å². The normalized spacial score (nSPS) is 11.3. The summed E-state index contributed by atoms with van der Waals surface area (Å²) in [6, 6.07) is 7.75. The second-order valence-corrected chi connectivity index (χ2v) is 7.72. The maximum Gasteiger partial charge on any atom is 0.257 e. The quantitative estimate of drug-likeness (QED) is 0.815. The molecule has 0 bridgehead atoms. The first-order chi connectivity index (χ1) is 10.7. The van der Waals surface area contributed by atoms with Gasteiger partial charge in [-0.15, -0.1) is 0 Å². The standard InChI is InChI=1S/C15H12Cl2FNO3S/c1-2-23(21,22)10-5-3-9(4-6-10)19-15(20)11-7-14(18)13(17)8-12(11)16/h3-8H,2H2,1H3,(H,19,20). The number of sulfone groups is 1. The van der Waals surface area contributed by atoms with Crippen LogP contribution in [0.4, 0.5) is 10.1 Å². The molecule has 2 rings (SSSR count). The Labute approximate surface area is 143 Å². The number of hydrogen-bond donors (Lipinski definition) is 1. The molecule has 0 saturated carbocycles. The molecule has 0 unspecified atom stereocenters. The van der Waals surface area contributed by atoms with E-state index in [1.54, 1.807) is 6.92 Å². The van der Waals surface area contributed by atoms with Crippen molar-refractivity contribution in [3.8, 4) is 0 Å². The molecular weight excluding hydrogens is 364 g/mol. The Bertz CT molecular complexity index is 852. The zero-order chi connectivity index (χ0) is 17.2. The van der Waals surface area contributed by atoms with Crippen LogP contribution in [0.5, 0.6) is 0 Å². The third-order valence-electron chi connectivity index (χ3n) is 3.11. The van der Waals surface area contributed by atoms with Crippen molar-refractivity contribution >= 4 is 44.6 Å². The lowest BCUT2D eigenvalue weighted by molar-refractivity contribution is 0.102. The molecule has 0 radical (unpaired) electrons. The summed E-state index contributed by atoms with van der Waals surface area (Å²) in [5.41, 5.74) is 0.287. The van der Waals surface area contributed by atoms with Crippen molar-refractivity contribution in [3.05, 3.63) is 57.8 Å². The van der Waals surface area contributed by atoms with Gasteiger partial charge in [0.25, 0.3) is 5.91 Å². The van der Waals surface area contributed by atoms with Crippen molar-refractivity contribution in [3.63, 3.8) is 0 Å². The zero-order valence-electron chi connectivity index (χ0n) is 11.9. The van der Waals surface area contributed by atoms with Crippen molar-refractivity contribution in [2.45, 2.75) is 11.8 Å². The Morgan fingerprint density at radius 2 is 1.74 bits per heavy atom. The van der Waals surface area contributed by atoms with Gasteiger partial charge in [-0.3, -0.25) is 4.79 Å². The molecule has 2 aromatic carbocycles. The van der Waals surface area contributed by atoms with Crippen molar-refractivity contribution in [1.29, 1.82) is 0 Å². The van der Waals surface area contributed by atoms with E-state index >= 15 is 0 Å². The van der Waals surface area contributed by atoms with Gasteiger partial charge < -0.3 is 5.32 Å². The van der Waals surface area contributed by atoms with Crippen LogP contribution in [0, 0.1) is 5.82 Å². The average Bonchev–Trinajstić information content (AvgIpc) is 2.51. The summed E-state index contributed by atoms with van der Waals surface area (Å²) >= 11 is 11.5. The smallest absolute Gasteiger partial charge is 0.257 e. The van der Waals surface area contributed by atoms with Crippen LogP contribution in [-0.2, 0) is 9.84 Å². The molecule has 1 N–H and O–H groups in total. The van der Waals surface area contributed by atoms with Crippen LogP contribution in [0.2, 0.25) is 10.0 Å². The summed E-state index contributed by atoms with van der Waals surface area (Å²) in [7, 11) is -3.31. The number of benzene rings is 2. The van der Waals surface area contributed by atoms with E-state index in [4.69, 9.17) is 23.2 Å². The molecule has 23 heavy (non-hydrogen) atoms. The number of hydrogen-bond acceptors (Lipinski definition) is 3. The van der Waals surface area contributed by atoms with Gasteiger partial charge in [0.1, 0.15) is 5.82 Å². The Kier molecular flexibility index (Phi) is 5.29. The fraction of sp³-hybridized carbons (Fsp3) is 0.133. The summed E-state index contributed by atoms with van der Waals surface area (Å²) in [5, 5.41) is 2.35. The molecule has 0 aliphatic rings. The molecule has 0 aromatic heterocycles. The average molecular weight is 376 g/mol. The molecule has 0 aliphatic heterocycles. The fourth-order valence-corrected chi connectivity index (χ4v) is 3.16. The van der Waals surface area contributed by atoms with E-state index in [1.165, 1.54) is 24.3 Å². The molecular formula is C15H12Cl2FNO3S. The molecule has 0 atom stereocenters. The van der Waals surface area contributed by atoms with Crippen LogP contribution >= 0.6 is 23.2 Å². The largest absolute Gasteiger partial charge is 0.322 e. The monoisotopic (exact) mass is 375 g/mol. The lowest BCUT2D eigenvalue weighted by atomic mass is 10.2. The van der Waals surface area contributed by atoms with Crippen molar-refractivity contribution < 1.29 is 17.6 Å². The minimum absolute atomic E-state index is 0.0130. The first-order valence-corrected chi connectivity index (χ1v) is 8.94. The SMILES string of the molecule is CCS(=O)(=O)c1ccc(NC(=O)c2cc(F)c(Cl)cc2Cl)cc1. The topological polar surface area (TPSA) is 63.2 Å². The summed E-state index contributed by atoms with van der Waals surface area (Å²) < 4.78 is 36.9. The van der Waals surface area contributed by atoms with E-state index < -0.39 is 21.6 Å². The lowest BCUT2D eigenvalue weighted by Crippen LogP contribution is -2.13. The summed E-state index contributed by atoms with van der Waals surface area (Å²) in [4.78, 5) is 12.3. The summed E-state index contributed by atoms with van der Waals surface area (Å²) in [5.74, 6) is -1.40. The number of rotatable bonds is 4. The van der Waals surface area contributed by atoms with Gasteiger partial charge in [0.2, 0.25) is 0 Å². The Morgan fingerprint density at radius 1 is 1.13 bits per heavy atom. The van der Waals surface area contributed by atoms with Crippen molar-refractivity contribution in [2.75, 3.05) is 11.1 Å². The van der Waals surface area contributed by atoms with Gasteiger partial charge in [-0.25, -0.2) is 12.8 Å². The minimum Gasteiger partial charge on any atom is -0.322 e. The molecule has 0 saturated heterocycles. The van der Waals surface area contributed by atoms with Crippen LogP contribution in [0.25, 0.3) is 0 Å². The van der Waals surface area contributed by atoms with Gasteiger partial charge in [-0.05, 0) is 36.4 Å². The Balaban J connectivity index is 2.23. The second kappa shape index (κ2) is 6.86. The van der Waals surface area contributed by atoms with E-state index in [-0.39, 0.29) is 26.3 Å². The maximum atomic E-state index is 13.4. The van der Waals surface area contributed by atoms with Gasteiger partial charge in [-0.2, -0.15) is 0 Å². The van der Waals surface area contributed by atoms with Crippen molar-refractivity contribution in [2.24, 2.45) is 0 Å². The molecule has 122 valence electrons. The Morgan fingerprint density at radius 3 is 2.30 bits per heavy atom. The van der Waals surface area contributed by atoms with Crippen LogP contribution < -0.4 is 5.32 Å². The molecule has 0 heterocycles. The Hall–Kier alpha value is -1.63. The second-order valence-electron chi connectivity index (χ2n) is 4.63. The predicted octanol–water partition coefficient (Wildman–Crippen LogP) is 4.18. The minimum atomic E-state index is -3.31. The predicted molar refractivity (Wildman–Crippen MR) is 88.5 cm³/mol. The number of nitrogens with one attached hydrogen (secondary N) is 1. The zero-order valence-corrected chi connectivity index (χ0v) is 14.3. The van der Waals surface area contributed by atoms with E-state index in [1.807, 2.05) is 0 Å². The third kappa shape index (κ3) is 4.02. The lowest BCUT2D eigenvalue weighted by Gasteiger charge is -2.08. The van der Waals surface area contributed by atoms with Crippen LogP contribution in [-0.4, -0.2) is 20.1 Å². The number of amides is 1. The highest BCUT2D eigenvalue weighted by molar-refractivity contribution is 7.91. The molecule has 0 aliphatic carbocycles. The van der Waals surface area contributed by atoms with E-state index in [0.717, 1.165) is 12.1 Å². The third-order valence-corrected chi connectivity index (χ3v) is 5.46. The molecule has 8 heteroatoms. The first-order valence-electron chi connectivity index (χ1n) is 6.53. The molecule has 4 nitrogen and oxygen atoms in total. The molecule has 0 fully saturated rings. The van der Waals surface area contributed by atoms with Gasteiger partial charge in [0.05, 0.1) is 26.3 Å². The maximum absolute atomic E-state index is 13.4. The highest BCUT2D eigenvalue weighted by Gasteiger charge is 2.15. The number of anilines is 1. The van der Waals surface area contributed by atoms with E-state index in [2.05, 4.69) is 5.32 Å². The molecule has 0 spiro atoms. The van der Waals surface area contributed by atoms with Gasteiger partial charge in [-0.1, -0.05) is 30.1 Å². The van der Waals surface area contributed by atoms with E-state index in [9.17, 15) is 17.6 Å². The van der Waals surface area contributed by atoms with Gasteiger partial charge >= 0.3 is 0 Å². The highest BCUT2D eigenvalue weighted by Crippen LogP contribution is 2.25. The fourth-order valence-electron chi connectivity index (χ4n) is 1.81. The van der Waals surface area contributed by atoms with Gasteiger partial charge in [0.15, 0.2) is 9.84 Å². The van der Waals surface area contributed by atoms with Crippen LogP contribution in [0.1, 0.15) is 17.3 Å².